The number of hydrogen-bond donors (Lipinski definition) is 1. The normalized spacial score (nSPS) is 13.9. The minimum Gasteiger partial charge on any atom is -0.378 e. The van der Waals surface area contributed by atoms with Gasteiger partial charge >= 0.3 is 0 Å². The van der Waals surface area contributed by atoms with Crippen molar-refractivity contribution in [1.29, 1.82) is 0 Å². The van der Waals surface area contributed by atoms with Crippen LogP contribution in [0.15, 0.2) is 35.2 Å². The van der Waals surface area contributed by atoms with Gasteiger partial charge in [0.1, 0.15) is 6.17 Å². The Morgan fingerprint density at radius 2 is 1.92 bits per heavy atom. The number of nitrogens with zero attached hydrogens (tertiary/aromatic N) is 2. The van der Waals surface area contributed by atoms with Crippen LogP contribution in [0, 0.1) is 0 Å². The van der Waals surface area contributed by atoms with Gasteiger partial charge in [-0.2, -0.15) is 5.10 Å². The Hall–Kier alpha value is -1.77. The molecule has 0 amide bonds. The molecule has 0 radical (unpaired) electrons. The molecule has 1 aromatic carbocycles. The van der Waals surface area contributed by atoms with Crippen molar-refractivity contribution in [3.63, 3.8) is 0 Å². The van der Waals surface area contributed by atoms with E-state index in [1.807, 2.05) is 13.8 Å². The fourth-order valence-corrected chi connectivity index (χ4v) is 2.79. The number of benzene rings is 1. The molecule has 1 atom stereocenters. The van der Waals surface area contributed by atoms with E-state index < -0.39 is 21.8 Å². The van der Waals surface area contributed by atoms with Crippen LogP contribution in [-0.2, 0) is 21.2 Å². The number of alkyl halides is 1. The first-order chi connectivity index (χ1) is 11.0. The molecular weight excluding hydrogens is 333 g/mol. The third kappa shape index (κ3) is 4.19. The Balaban J connectivity index is 2.48. The highest BCUT2D eigenvalue weighted by Crippen LogP contribution is 2.24. The molecule has 0 saturated heterocycles. The summed E-state index contributed by atoms with van der Waals surface area (Å²) in [5.41, 5.74) is 1.25. The van der Waals surface area contributed by atoms with Gasteiger partial charge in [0.25, 0.3) is 0 Å². The second-order valence-corrected chi connectivity index (χ2v) is 7.83. The van der Waals surface area contributed by atoms with Crippen LogP contribution in [0.5, 0.6) is 0 Å². The summed E-state index contributed by atoms with van der Waals surface area (Å²) in [6.07, 6.45) is -0.695. The molecule has 24 heavy (non-hydrogen) atoms. The van der Waals surface area contributed by atoms with Gasteiger partial charge in [0, 0.05) is 19.2 Å². The molecule has 0 spiro atoms. The Bertz CT molecular complexity index is 812. The molecule has 0 aliphatic carbocycles. The standard InChI is InChI=1S/C16H22FN3O3S/c1-11(17)15-9-13(10-16(2,3)23-4)20(19-15)12-5-7-14(8-6-12)24(18,21)22/h5-9,11H,10H2,1-4H3,(H2,18,21,22). The first-order valence-corrected chi connectivity index (χ1v) is 8.99. The number of hydrogen-bond acceptors (Lipinski definition) is 4. The summed E-state index contributed by atoms with van der Waals surface area (Å²) in [5, 5.41) is 9.40. The second kappa shape index (κ2) is 6.62. The fourth-order valence-electron chi connectivity index (χ4n) is 2.27. The quantitative estimate of drug-likeness (QED) is 0.862. The lowest BCUT2D eigenvalue weighted by Crippen LogP contribution is -2.26. The number of aromatic nitrogens is 2. The van der Waals surface area contributed by atoms with Crippen molar-refractivity contribution in [1.82, 2.24) is 9.78 Å². The number of halogens is 1. The zero-order valence-corrected chi connectivity index (χ0v) is 15.0. The molecular formula is C16H22FN3O3S. The minimum absolute atomic E-state index is 0.0104. The van der Waals surface area contributed by atoms with Gasteiger partial charge < -0.3 is 4.74 Å². The number of methoxy groups -OCH3 is 1. The largest absolute Gasteiger partial charge is 0.378 e. The van der Waals surface area contributed by atoms with Crippen molar-refractivity contribution in [3.8, 4) is 5.69 Å². The summed E-state index contributed by atoms with van der Waals surface area (Å²) in [4.78, 5) is 0.0104. The molecule has 0 aliphatic rings. The average Bonchev–Trinajstić information content (AvgIpc) is 2.90. The van der Waals surface area contributed by atoms with Crippen LogP contribution in [-0.4, -0.2) is 30.9 Å². The molecule has 2 rings (SSSR count). The topological polar surface area (TPSA) is 87.2 Å². The smallest absolute Gasteiger partial charge is 0.238 e. The number of nitrogens with two attached hydrogens (primary N) is 1. The van der Waals surface area contributed by atoms with Gasteiger partial charge in [-0.3, -0.25) is 0 Å². The van der Waals surface area contributed by atoms with Crippen molar-refractivity contribution >= 4 is 10.0 Å². The van der Waals surface area contributed by atoms with Gasteiger partial charge in [-0.25, -0.2) is 22.6 Å². The highest BCUT2D eigenvalue weighted by atomic mass is 32.2. The van der Waals surface area contributed by atoms with Crippen molar-refractivity contribution in [2.75, 3.05) is 7.11 Å². The van der Waals surface area contributed by atoms with Crippen LogP contribution in [0.3, 0.4) is 0 Å². The highest BCUT2D eigenvalue weighted by molar-refractivity contribution is 7.89. The Labute approximate surface area is 141 Å². The minimum atomic E-state index is -3.76. The van der Waals surface area contributed by atoms with E-state index in [0.29, 0.717) is 17.8 Å². The van der Waals surface area contributed by atoms with Crippen molar-refractivity contribution in [3.05, 3.63) is 41.7 Å². The molecule has 0 aliphatic heterocycles. The summed E-state index contributed by atoms with van der Waals surface area (Å²) >= 11 is 0. The van der Waals surface area contributed by atoms with Crippen LogP contribution >= 0.6 is 0 Å². The van der Waals surface area contributed by atoms with Crippen molar-refractivity contribution < 1.29 is 17.5 Å². The SMILES string of the molecule is COC(C)(C)Cc1cc(C(C)F)nn1-c1ccc(S(N)(=O)=O)cc1. The molecule has 1 heterocycles. The first-order valence-electron chi connectivity index (χ1n) is 7.45. The van der Waals surface area contributed by atoms with Crippen LogP contribution in [0.4, 0.5) is 4.39 Å². The summed E-state index contributed by atoms with van der Waals surface area (Å²) in [5.74, 6) is 0. The van der Waals surface area contributed by atoms with Crippen LogP contribution in [0.25, 0.3) is 5.69 Å². The third-order valence-electron chi connectivity index (χ3n) is 3.78. The highest BCUT2D eigenvalue weighted by Gasteiger charge is 2.23. The lowest BCUT2D eigenvalue weighted by molar-refractivity contribution is 0.0220. The first kappa shape index (κ1) is 18.6. The molecule has 8 heteroatoms. The van der Waals surface area contributed by atoms with Gasteiger partial charge in [-0.05, 0) is 51.1 Å². The lowest BCUT2D eigenvalue weighted by atomic mass is 10.0. The monoisotopic (exact) mass is 355 g/mol. The lowest BCUT2D eigenvalue weighted by Gasteiger charge is -2.23. The van der Waals surface area contributed by atoms with E-state index in [2.05, 4.69) is 5.10 Å². The molecule has 0 fully saturated rings. The number of rotatable bonds is 6. The van der Waals surface area contributed by atoms with Crippen LogP contribution in [0.1, 0.15) is 38.3 Å². The van der Waals surface area contributed by atoms with E-state index in [1.165, 1.54) is 19.1 Å². The molecule has 1 unspecified atom stereocenters. The van der Waals surface area contributed by atoms with Gasteiger partial charge in [-0.15, -0.1) is 0 Å². The maximum Gasteiger partial charge on any atom is 0.238 e. The van der Waals surface area contributed by atoms with Gasteiger partial charge in [0.05, 0.1) is 21.9 Å². The molecule has 0 bridgehead atoms. The van der Waals surface area contributed by atoms with Gasteiger partial charge in [-0.1, -0.05) is 0 Å². The van der Waals surface area contributed by atoms with E-state index in [0.717, 1.165) is 5.69 Å². The Morgan fingerprint density at radius 3 is 2.38 bits per heavy atom. The summed E-state index contributed by atoms with van der Waals surface area (Å²) in [6.45, 7) is 5.27. The maximum absolute atomic E-state index is 13.7. The second-order valence-electron chi connectivity index (χ2n) is 6.27. The van der Waals surface area contributed by atoms with Crippen LogP contribution < -0.4 is 5.14 Å². The predicted octanol–water partition coefficient (Wildman–Crippen LogP) is 2.52. The molecule has 6 nitrogen and oxygen atoms in total. The van der Waals surface area contributed by atoms with E-state index in [9.17, 15) is 12.8 Å². The maximum atomic E-state index is 13.7. The van der Waals surface area contributed by atoms with E-state index in [-0.39, 0.29) is 4.90 Å². The predicted molar refractivity (Wildman–Crippen MR) is 89.3 cm³/mol. The van der Waals surface area contributed by atoms with E-state index >= 15 is 0 Å². The molecule has 132 valence electrons. The van der Waals surface area contributed by atoms with E-state index in [4.69, 9.17) is 9.88 Å². The van der Waals surface area contributed by atoms with Crippen molar-refractivity contribution in [2.45, 2.75) is 43.9 Å². The zero-order chi connectivity index (χ0) is 18.1. The van der Waals surface area contributed by atoms with Crippen molar-refractivity contribution in [2.24, 2.45) is 5.14 Å². The number of ether oxygens (including phenoxy) is 1. The number of primary sulfonamides is 1. The molecule has 2 N–H and O–H groups in total. The van der Waals surface area contributed by atoms with Gasteiger partial charge in [0.2, 0.25) is 10.0 Å². The summed E-state index contributed by atoms with van der Waals surface area (Å²) < 4.78 is 43.4. The Morgan fingerprint density at radius 1 is 1.33 bits per heavy atom. The zero-order valence-electron chi connectivity index (χ0n) is 14.2. The summed E-state index contributed by atoms with van der Waals surface area (Å²) in [6, 6.07) is 7.66. The van der Waals surface area contributed by atoms with E-state index in [1.54, 1.807) is 30.0 Å². The average molecular weight is 355 g/mol. The van der Waals surface area contributed by atoms with Crippen LogP contribution in [0.2, 0.25) is 0 Å². The molecule has 0 saturated carbocycles. The third-order valence-corrected chi connectivity index (χ3v) is 4.71. The number of sulfonamides is 1. The van der Waals surface area contributed by atoms with Gasteiger partial charge in [0.15, 0.2) is 0 Å². The molecule has 2 aromatic rings. The fraction of sp³-hybridized carbons (Fsp3) is 0.438. The Kier molecular flexibility index (Phi) is 5.12. The summed E-state index contributed by atoms with van der Waals surface area (Å²) in [7, 11) is -2.15. The molecule has 1 aromatic heterocycles.